The maximum Gasteiger partial charge on any atom is 0.141 e. The van der Waals surface area contributed by atoms with Crippen molar-refractivity contribution in [3.63, 3.8) is 0 Å². The van der Waals surface area contributed by atoms with E-state index in [1.165, 1.54) is 0 Å². The predicted molar refractivity (Wildman–Crippen MR) is 73.9 cm³/mol. The first-order chi connectivity index (χ1) is 8.29. The molecule has 0 radical (unpaired) electrons. The highest BCUT2D eigenvalue weighted by molar-refractivity contribution is 6.32. The summed E-state index contributed by atoms with van der Waals surface area (Å²) in [6.45, 7) is 9.50. The van der Waals surface area contributed by atoms with Crippen LogP contribution in [0.1, 0.15) is 5.56 Å². The van der Waals surface area contributed by atoms with Crippen LogP contribution in [0, 0.1) is 0 Å². The molecule has 0 aliphatic carbocycles. The van der Waals surface area contributed by atoms with Gasteiger partial charge < -0.3 is 10.1 Å². The molecule has 1 rings (SSSR count). The summed E-state index contributed by atoms with van der Waals surface area (Å²) >= 11 is 6.11. The van der Waals surface area contributed by atoms with Gasteiger partial charge in [0.2, 0.25) is 0 Å². The number of para-hydroxylation sites is 1. The molecule has 0 fully saturated rings. The van der Waals surface area contributed by atoms with Gasteiger partial charge in [0.25, 0.3) is 0 Å². The summed E-state index contributed by atoms with van der Waals surface area (Å²) in [5.41, 5.74) is 1.07. The van der Waals surface area contributed by atoms with Gasteiger partial charge in [0.05, 0.1) is 5.02 Å². The molecule has 0 aliphatic rings. The zero-order valence-electron chi connectivity index (χ0n) is 9.92. The van der Waals surface area contributed by atoms with Gasteiger partial charge in [-0.05, 0) is 18.1 Å². The van der Waals surface area contributed by atoms with Crippen molar-refractivity contribution >= 4 is 11.6 Å². The van der Waals surface area contributed by atoms with Crippen LogP contribution in [0.25, 0.3) is 0 Å². The summed E-state index contributed by atoms with van der Waals surface area (Å²) in [5, 5.41) is 3.82. The summed E-state index contributed by atoms with van der Waals surface area (Å²) in [6.07, 6.45) is 4.42. The molecule has 1 N–H and O–H groups in total. The van der Waals surface area contributed by atoms with E-state index in [1.807, 2.05) is 30.4 Å². The second-order valence-electron chi connectivity index (χ2n) is 3.56. The maximum absolute atomic E-state index is 6.11. The molecule has 92 valence electrons. The molecule has 1 aromatic carbocycles. The fourth-order valence-corrected chi connectivity index (χ4v) is 1.71. The Morgan fingerprint density at radius 2 is 2.12 bits per heavy atom. The van der Waals surface area contributed by atoms with E-state index in [9.17, 15) is 0 Å². The molecule has 1 aromatic rings. The molecule has 3 heteroatoms. The van der Waals surface area contributed by atoms with Crippen molar-refractivity contribution in [2.45, 2.75) is 6.42 Å². The van der Waals surface area contributed by atoms with Crippen LogP contribution in [-0.4, -0.2) is 19.7 Å². The highest BCUT2D eigenvalue weighted by Crippen LogP contribution is 2.29. The molecule has 0 spiro atoms. The van der Waals surface area contributed by atoms with Gasteiger partial charge in [-0.15, -0.1) is 13.2 Å². The number of benzene rings is 1. The van der Waals surface area contributed by atoms with Gasteiger partial charge in [0.15, 0.2) is 0 Å². The van der Waals surface area contributed by atoms with Crippen LogP contribution in [-0.2, 0) is 6.42 Å². The maximum atomic E-state index is 6.11. The number of hydrogen-bond acceptors (Lipinski definition) is 2. The van der Waals surface area contributed by atoms with Crippen molar-refractivity contribution < 1.29 is 4.74 Å². The van der Waals surface area contributed by atoms with Crippen molar-refractivity contribution in [2.75, 3.05) is 19.7 Å². The summed E-state index contributed by atoms with van der Waals surface area (Å²) in [4.78, 5) is 0. The normalized spacial score (nSPS) is 9.94. The molecule has 0 heterocycles. The molecular weight excluding hydrogens is 234 g/mol. The van der Waals surface area contributed by atoms with Crippen LogP contribution in [0.5, 0.6) is 5.75 Å². The van der Waals surface area contributed by atoms with E-state index in [1.54, 1.807) is 0 Å². The summed E-state index contributed by atoms with van der Waals surface area (Å²) in [6, 6.07) is 5.75. The van der Waals surface area contributed by atoms with Crippen LogP contribution >= 0.6 is 11.6 Å². The third-order valence-electron chi connectivity index (χ3n) is 2.23. The summed E-state index contributed by atoms with van der Waals surface area (Å²) < 4.78 is 5.69. The first kappa shape index (κ1) is 13.8. The Balaban J connectivity index is 2.55. The standard InChI is InChI=1S/C14H18ClNO/c1-3-6-12-7-5-8-13(15)14(12)17-11-10-16-9-4-2/h3-5,7-8,16H,1-2,6,9-11H2. The van der Waals surface area contributed by atoms with Crippen molar-refractivity contribution in [2.24, 2.45) is 0 Å². The molecule has 0 bridgehead atoms. The first-order valence-electron chi connectivity index (χ1n) is 5.62. The van der Waals surface area contributed by atoms with Gasteiger partial charge in [0, 0.05) is 13.1 Å². The van der Waals surface area contributed by atoms with Crippen molar-refractivity contribution in [3.05, 3.63) is 54.1 Å². The lowest BCUT2D eigenvalue weighted by atomic mass is 10.1. The number of allylic oxidation sites excluding steroid dienone is 1. The van der Waals surface area contributed by atoms with E-state index >= 15 is 0 Å². The van der Waals surface area contributed by atoms with Crippen molar-refractivity contribution in [1.82, 2.24) is 5.32 Å². The quantitative estimate of drug-likeness (QED) is 0.566. The number of ether oxygens (including phenoxy) is 1. The zero-order chi connectivity index (χ0) is 12.5. The molecule has 0 unspecified atom stereocenters. The second-order valence-corrected chi connectivity index (χ2v) is 3.97. The van der Waals surface area contributed by atoms with Gasteiger partial charge in [-0.3, -0.25) is 0 Å². The van der Waals surface area contributed by atoms with Gasteiger partial charge >= 0.3 is 0 Å². The van der Waals surface area contributed by atoms with E-state index < -0.39 is 0 Å². The average Bonchev–Trinajstić information content (AvgIpc) is 2.32. The molecule has 0 saturated carbocycles. The van der Waals surface area contributed by atoms with Gasteiger partial charge in [-0.1, -0.05) is 35.9 Å². The third kappa shape index (κ3) is 4.63. The third-order valence-corrected chi connectivity index (χ3v) is 2.52. The van der Waals surface area contributed by atoms with Crippen LogP contribution in [0.15, 0.2) is 43.5 Å². The molecule has 2 nitrogen and oxygen atoms in total. The molecule has 17 heavy (non-hydrogen) atoms. The highest BCUT2D eigenvalue weighted by atomic mass is 35.5. The fraction of sp³-hybridized carbons (Fsp3) is 0.286. The minimum atomic E-state index is 0.585. The minimum Gasteiger partial charge on any atom is -0.490 e. The topological polar surface area (TPSA) is 21.3 Å². The Morgan fingerprint density at radius 1 is 1.29 bits per heavy atom. The van der Waals surface area contributed by atoms with Crippen molar-refractivity contribution in [1.29, 1.82) is 0 Å². The smallest absolute Gasteiger partial charge is 0.141 e. The van der Waals surface area contributed by atoms with E-state index in [-0.39, 0.29) is 0 Å². The summed E-state index contributed by atoms with van der Waals surface area (Å²) in [5.74, 6) is 0.759. The Bertz CT molecular complexity index is 376. The number of halogens is 1. The zero-order valence-corrected chi connectivity index (χ0v) is 10.7. The minimum absolute atomic E-state index is 0.585. The van der Waals surface area contributed by atoms with Crippen LogP contribution in [0.2, 0.25) is 5.02 Å². The first-order valence-corrected chi connectivity index (χ1v) is 6.00. The van der Waals surface area contributed by atoms with Gasteiger partial charge in [-0.25, -0.2) is 0 Å². The largest absolute Gasteiger partial charge is 0.490 e. The fourth-order valence-electron chi connectivity index (χ4n) is 1.46. The lowest BCUT2D eigenvalue weighted by Crippen LogP contribution is -2.21. The summed E-state index contributed by atoms with van der Waals surface area (Å²) in [7, 11) is 0. The molecule has 0 amide bonds. The molecule has 0 atom stereocenters. The number of hydrogen-bond donors (Lipinski definition) is 1. The van der Waals surface area contributed by atoms with E-state index in [2.05, 4.69) is 18.5 Å². The van der Waals surface area contributed by atoms with Crippen molar-refractivity contribution in [3.8, 4) is 5.75 Å². The van der Waals surface area contributed by atoms with Gasteiger partial charge in [0.1, 0.15) is 12.4 Å². The Morgan fingerprint density at radius 3 is 2.82 bits per heavy atom. The van der Waals surface area contributed by atoms with Crippen LogP contribution in [0.3, 0.4) is 0 Å². The lowest BCUT2D eigenvalue weighted by molar-refractivity contribution is 0.314. The molecule has 0 saturated heterocycles. The molecule has 0 aromatic heterocycles. The van der Waals surface area contributed by atoms with E-state index in [4.69, 9.17) is 16.3 Å². The number of rotatable bonds is 8. The highest BCUT2D eigenvalue weighted by Gasteiger charge is 2.06. The lowest BCUT2D eigenvalue weighted by Gasteiger charge is -2.12. The molecular formula is C14H18ClNO. The monoisotopic (exact) mass is 251 g/mol. The number of nitrogens with one attached hydrogen (secondary N) is 1. The SMILES string of the molecule is C=CCNCCOc1c(Cl)cccc1CC=C. The van der Waals surface area contributed by atoms with E-state index in [0.717, 1.165) is 30.8 Å². The molecule has 0 aliphatic heterocycles. The Kier molecular flexibility index (Phi) is 6.45. The second kappa shape index (κ2) is 7.93. The predicted octanol–water partition coefficient (Wildman–Crippen LogP) is 3.22. The Hall–Kier alpha value is -1.25. The van der Waals surface area contributed by atoms with Crippen LogP contribution in [0.4, 0.5) is 0 Å². The Labute approximate surface area is 108 Å². The van der Waals surface area contributed by atoms with Crippen LogP contribution < -0.4 is 10.1 Å². The average molecular weight is 252 g/mol. The van der Waals surface area contributed by atoms with Gasteiger partial charge in [-0.2, -0.15) is 0 Å². The van der Waals surface area contributed by atoms with E-state index in [0.29, 0.717) is 11.6 Å².